The fraction of sp³-hybridized carbons (Fsp3) is 0.200. The number of aldehydes is 1. The van der Waals surface area contributed by atoms with E-state index in [1.54, 1.807) is 18.2 Å². The summed E-state index contributed by atoms with van der Waals surface area (Å²) in [6.45, 7) is 2.88. The third kappa shape index (κ3) is 5.10. The second kappa shape index (κ2) is 6.92. The molecule has 0 saturated heterocycles. The van der Waals surface area contributed by atoms with Gasteiger partial charge in [0.05, 0.1) is 0 Å². The van der Waals surface area contributed by atoms with Crippen LogP contribution in [-0.2, 0) is 4.79 Å². The molecule has 0 heterocycles. The van der Waals surface area contributed by atoms with E-state index in [0.29, 0.717) is 11.0 Å². The van der Waals surface area contributed by atoms with E-state index in [-0.39, 0.29) is 5.78 Å². The molecule has 0 aliphatic heterocycles. The molecule has 0 saturated carbocycles. The molecule has 15 heavy (non-hydrogen) atoms. The Labute approximate surface area is 88.7 Å². The largest absolute Gasteiger partial charge is 0.488 e. The van der Waals surface area contributed by atoms with Gasteiger partial charge in [-0.05, 0) is 19.3 Å². The van der Waals surface area contributed by atoms with Crippen molar-refractivity contribution in [2.24, 2.45) is 0 Å². The van der Waals surface area contributed by atoms with E-state index in [0.717, 1.165) is 6.29 Å². The van der Waals surface area contributed by atoms with Crippen molar-refractivity contribution in [2.45, 2.75) is 13.8 Å². The summed E-state index contributed by atoms with van der Waals surface area (Å²) < 4.78 is 0. The first-order chi connectivity index (χ1) is 7.02. The molecule has 1 aromatic rings. The molecule has 80 valence electrons. The van der Waals surface area contributed by atoms with Crippen LogP contribution in [0.2, 0.25) is 0 Å². The number of carbonyl (C=O) groups is 2. The minimum Gasteiger partial charge on any atom is -0.423 e. The minimum absolute atomic E-state index is 0.0856. The van der Waals surface area contributed by atoms with Crippen molar-refractivity contribution in [3.05, 3.63) is 29.8 Å². The molecule has 0 bridgehead atoms. The average molecular weight is 208 g/mol. The highest BCUT2D eigenvalue weighted by Gasteiger charge is 2.11. The van der Waals surface area contributed by atoms with Gasteiger partial charge < -0.3 is 14.8 Å². The standard InChI is InChI=1S/C8H9BO3.C2H4O/c1-6(10)7-3-2-4-8(5-7)9(11)12;1-2-3/h2-5,11-12H,1H3;2H,1H3. The molecule has 0 amide bonds. The summed E-state index contributed by atoms with van der Waals surface area (Å²) in [5.41, 5.74) is 0.823. The SMILES string of the molecule is CC(=O)c1cccc(B(O)O)c1.CC=O. The molecule has 0 aromatic heterocycles. The van der Waals surface area contributed by atoms with Crippen LogP contribution < -0.4 is 5.46 Å². The second-order valence-corrected chi connectivity index (χ2v) is 2.79. The molecule has 1 rings (SSSR count). The molecule has 4 nitrogen and oxygen atoms in total. The quantitative estimate of drug-likeness (QED) is 0.400. The highest BCUT2D eigenvalue weighted by Crippen LogP contribution is 1.97. The zero-order valence-electron chi connectivity index (χ0n) is 8.68. The van der Waals surface area contributed by atoms with Gasteiger partial charge in [0.15, 0.2) is 5.78 Å². The summed E-state index contributed by atoms with van der Waals surface area (Å²) in [4.78, 5) is 19.7. The van der Waals surface area contributed by atoms with Gasteiger partial charge in [-0.25, -0.2) is 0 Å². The minimum atomic E-state index is -1.51. The van der Waals surface area contributed by atoms with Crippen LogP contribution in [0.25, 0.3) is 0 Å². The Morgan fingerprint density at radius 1 is 1.40 bits per heavy atom. The van der Waals surface area contributed by atoms with Gasteiger partial charge in [0, 0.05) is 5.56 Å². The maximum absolute atomic E-state index is 10.9. The van der Waals surface area contributed by atoms with Gasteiger partial charge >= 0.3 is 7.12 Å². The molecular weight excluding hydrogens is 195 g/mol. The van der Waals surface area contributed by atoms with Crippen molar-refractivity contribution in [3.63, 3.8) is 0 Å². The number of hydrogen-bond acceptors (Lipinski definition) is 4. The first kappa shape index (κ1) is 13.5. The maximum atomic E-state index is 10.9. The smallest absolute Gasteiger partial charge is 0.423 e. The van der Waals surface area contributed by atoms with E-state index >= 15 is 0 Å². The lowest BCUT2D eigenvalue weighted by atomic mass is 9.79. The van der Waals surface area contributed by atoms with E-state index in [9.17, 15) is 4.79 Å². The first-order valence-corrected chi connectivity index (χ1v) is 4.39. The normalized spacial score (nSPS) is 8.53. The van der Waals surface area contributed by atoms with Crippen LogP contribution in [0.1, 0.15) is 24.2 Å². The Bertz CT molecular complexity index is 336. The van der Waals surface area contributed by atoms with Gasteiger partial charge in [0.1, 0.15) is 6.29 Å². The predicted octanol–water partition coefficient (Wildman–Crippen LogP) is -0.226. The Balaban J connectivity index is 0.000000583. The highest BCUT2D eigenvalue weighted by atomic mass is 16.4. The summed E-state index contributed by atoms with van der Waals surface area (Å²) in [6, 6.07) is 6.27. The van der Waals surface area contributed by atoms with Crippen molar-refractivity contribution < 1.29 is 19.6 Å². The number of Topliss-reactive ketones (excluding diaryl/α,β-unsaturated/α-hetero) is 1. The van der Waals surface area contributed by atoms with Gasteiger partial charge in [-0.15, -0.1) is 0 Å². The summed E-state index contributed by atoms with van der Waals surface area (Å²) >= 11 is 0. The first-order valence-electron chi connectivity index (χ1n) is 4.39. The van der Waals surface area contributed by atoms with E-state index in [4.69, 9.17) is 14.8 Å². The van der Waals surface area contributed by atoms with E-state index in [1.807, 2.05) is 0 Å². The van der Waals surface area contributed by atoms with E-state index in [2.05, 4.69) is 0 Å². The molecule has 2 N–H and O–H groups in total. The Kier molecular flexibility index (Phi) is 6.25. The summed E-state index contributed by atoms with van der Waals surface area (Å²) in [5, 5.41) is 17.5. The van der Waals surface area contributed by atoms with E-state index < -0.39 is 7.12 Å². The Morgan fingerprint density at radius 3 is 2.33 bits per heavy atom. The summed E-state index contributed by atoms with van der Waals surface area (Å²) in [6.07, 6.45) is 0.750. The van der Waals surface area contributed by atoms with Crippen molar-refractivity contribution in [2.75, 3.05) is 0 Å². The van der Waals surface area contributed by atoms with Crippen LogP contribution in [0, 0.1) is 0 Å². The third-order valence-electron chi connectivity index (χ3n) is 1.59. The number of carbonyl (C=O) groups excluding carboxylic acids is 2. The molecule has 0 aliphatic rings. The van der Waals surface area contributed by atoms with Crippen LogP contribution >= 0.6 is 0 Å². The molecule has 0 spiro atoms. The number of rotatable bonds is 2. The van der Waals surface area contributed by atoms with Crippen LogP contribution in [0.15, 0.2) is 24.3 Å². The molecule has 5 heteroatoms. The fourth-order valence-electron chi connectivity index (χ4n) is 0.918. The van der Waals surface area contributed by atoms with Crippen LogP contribution in [0.3, 0.4) is 0 Å². The molecule has 0 radical (unpaired) electrons. The zero-order chi connectivity index (χ0) is 11.8. The van der Waals surface area contributed by atoms with Gasteiger partial charge in [0.2, 0.25) is 0 Å². The predicted molar refractivity (Wildman–Crippen MR) is 58.0 cm³/mol. The monoisotopic (exact) mass is 208 g/mol. The number of ketones is 1. The van der Waals surface area contributed by atoms with Crippen LogP contribution in [0.5, 0.6) is 0 Å². The Morgan fingerprint density at radius 2 is 1.93 bits per heavy atom. The van der Waals surface area contributed by atoms with E-state index in [1.165, 1.54) is 19.9 Å². The van der Waals surface area contributed by atoms with Crippen LogP contribution in [0.4, 0.5) is 0 Å². The molecular formula is C10H13BO4. The molecule has 0 aliphatic carbocycles. The van der Waals surface area contributed by atoms with Crippen molar-refractivity contribution in [1.82, 2.24) is 0 Å². The van der Waals surface area contributed by atoms with Gasteiger partial charge in [-0.1, -0.05) is 24.3 Å². The Hall–Kier alpha value is -1.46. The topological polar surface area (TPSA) is 74.6 Å². The van der Waals surface area contributed by atoms with Crippen molar-refractivity contribution >= 4 is 24.7 Å². The number of hydrogen-bond donors (Lipinski definition) is 2. The lowest BCUT2D eigenvalue weighted by Gasteiger charge is -2.00. The fourth-order valence-corrected chi connectivity index (χ4v) is 0.918. The van der Waals surface area contributed by atoms with Gasteiger partial charge in [-0.3, -0.25) is 4.79 Å². The second-order valence-electron chi connectivity index (χ2n) is 2.79. The third-order valence-corrected chi connectivity index (χ3v) is 1.59. The summed E-state index contributed by atoms with van der Waals surface area (Å²) in [5.74, 6) is -0.0856. The summed E-state index contributed by atoms with van der Waals surface area (Å²) in [7, 11) is -1.51. The molecule has 1 aromatic carbocycles. The van der Waals surface area contributed by atoms with Crippen molar-refractivity contribution in [1.29, 1.82) is 0 Å². The lowest BCUT2D eigenvalue weighted by Crippen LogP contribution is -2.30. The molecule has 0 atom stereocenters. The van der Waals surface area contributed by atoms with Crippen molar-refractivity contribution in [3.8, 4) is 0 Å². The molecule has 0 fully saturated rings. The lowest BCUT2D eigenvalue weighted by molar-refractivity contribution is -0.106. The number of benzene rings is 1. The van der Waals surface area contributed by atoms with Gasteiger partial charge in [-0.2, -0.15) is 0 Å². The zero-order valence-corrected chi connectivity index (χ0v) is 8.68. The average Bonchev–Trinajstić information content (AvgIpc) is 2.19. The maximum Gasteiger partial charge on any atom is 0.488 e. The van der Waals surface area contributed by atoms with Crippen LogP contribution in [-0.4, -0.2) is 29.2 Å². The van der Waals surface area contributed by atoms with Gasteiger partial charge in [0.25, 0.3) is 0 Å². The molecule has 0 unspecified atom stereocenters. The highest BCUT2D eigenvalue weighted by molar-refractivity contribution is 6.58.